The molecule has 3 aromatic heterocycles. The van der Waals surface area contributed by atoms with Gasteiger partial charge in [0.2, 0.25) is 0 Å². The second kappa shape index (κ2) is 12.5. The van der Waals surface area contributed by atoms with Gasteiger partial charge in [0.25, 0.3) is 0 Å². The van der Waals surface area contributed by atoms with Gasteiger partial charge in [-0.1, -0.05) is 152 Å². The first-order valence-corrected chi connectivity index (χ1v) is 19.6. The Bertz CT molecular complexity index is 3500. The molecule has 0 aliphatic heterocycles. The number of nitrogens with zero attached hydrogens (tertiary/aromatic N) is 3. The first-order valence-electron chi connectivity index (χ1n) is 19.6. The van der Waals surface area contributed by atoms with Gasteiger partial charge in [-0.05, 0) is 71.8 Å². The molecule has 3 nitrogen and oxygen atoms in total. The highest BCUT2D eigenvalue weighted by Crippen LogP contribution is 2.46. The van der Waals surface area contributed by atoms with Gasteiger partial charge >= 0.3 is 0 Å². The summed E-state index contributed by atoms with van der Waals surface area (Å²) in [6.45, 7) is 0. The summed E-state index contributed by atoms with van der Waals surface area (Å²) >= 11 is 0. The fraction of sp³-hybridized carbons (Fsp3) is 0. The van der Waals surface area contributed by atoms with E-state index in [4.69, 9.17) is 0 Å². The van der Waals surface area contributed by atoms with E-state index in [0.29, 0.717) is 0 Å². The molecule has 0 aliphatic rings. The van der Waals surface area contributed by atoms with E-state index in [0.717, 1.165) is 17.1 Å². The topological polar surface area (TPSA) is 14.8 Å². The van der Waals surface area contributed by atoms with Crippen molar-refractivity contribution in [1.29, 1.82) is 0 Å². The van der Waals surface area contributed by atoms with Crippen LogP contribution in [0.1, 0.15) is 0 Å². The molecular formula is C54H35N3. The first-order chi connectivity index (χ1) is 28.3. The molecule has 57 heavy (non-hydrogen) atoms. The minimum atomic E-state index is 1.15. The number of para-hydroxylation sites is 6. The Morgan fingerprint density at radius 3 is 1.44 bits per heavy atom. The zero-order chi connectivity index (χ0) is 37.5. The molecule has 3 heteroatoms. The lowest BCUT2D eigenvalue weighted by Gasteiger charge is -2.15. The highest BCUT2D eigenvalue weighted by molar-refractivity contribution is 6.30. The van der Waals surface area contributed by atoms with Gasteiger partial charge in [-0.2, -0.15) is 0 Å². The quantitative estimate of drug-likeness (QED) is 0.168. The molecule has 3 heterocycles. The minimum Gasteiger partial charge on any atom is -0.309 e. The molecule has 0 N–H and O–H groups in total. The molecular weight excluding hydrogens is 691 g/mol. The number of hydrogen-bond acceptors (Lipinski definition) is 0. The summed E-state index contributed by atoms with van der Waals surface area (Å²) in [5.74, 6) is 0. The highest BCUT2D eigenvalue weighted by atomic mass is 15.0. The number of rotatable bonds is 5. The zero-order valence-corrected chi connectivity index (χ0v) is 31.0. The Labute approximate surface area is 329 Å². The molecule has 0 saturated carbocycles. The molecule has 9 aromatic carbocycles. The zero-order valence-electron chi connectivity index (χ0n) is 31.0. The molecule has 0 amide bonds. The summed E-state index contributed by atoms with van der Waals surface area (Å²) < 4.78 is 7.37. The lowest BCUT2D eigenvalue weighted by Crippen LogP contribution is -1.98. The van der Waals surface area contributed by atoms with Crippen molar-refractivity contribution in [2.75, 3.05) is 0 Å². The van der Waals surface area contributed by atoms with Crippen LogP contribution in [0.15, 0.2) is 212 Å². The maximum atomic E-state index is 2.50. The summed E-state index contributed by atoms with van der Waals surface area (Å²) in [5.41, 5.74) is 15.5. The van der Waals surface area contributed by atoms with E-state index in [1.54, 1.807) is 0 Å². The summed E-state index contributed by atoms with van der Waals surface area (Å²) in [5, 5.41) is 7.52. The average Bonchev–Trinajstić information content (AvgIpc) is 3.93. The van der Waals surface area contributed by atoms with Gasteiger partial charge < -0.3 is 13.7 Å². The second-order valence-corrected chi connectivity index (χ2v) is 14.9. The fourth-order valence-electron chi connectivity index (χ4n) is 9.57. The molecule has 0 spiro atoms. The molecule has 0 atom stereocenters. The monoisotopic (exact) mass is 725 g/mol. The molecule has 0 fully saturated rings. The van der Waals surface area contributed by atoms with E-state index in [1.165, 1.54) is 87.7 Å². The third-order valence-corrected chi connectivity index (χ3v) is 11.8. The molecule has 12 aromatic rings. The summed E-state index contributed by atoms with van der Waals surface area (Å²) in [6, 6.07) is 77.3. The molecule has 266 valence electrons. The van der Waals surface area contributed by atoms with Crippen LogP contribution < -0.4 is 0 Å². The predicted octanol–water partition coefficient (Wildman–Crippen LogP) is 14.3. The van der Waals surface area contributed by atoms with Crippen LogP contribution in [0.4, 0.5) is 0 Å². The van der Waals surface area contributed by atoms with E-state index in [2.05, 4.69) is 226 Å². The lowest BCUT2D eigenvalue weighted by molar-refractivity contribution is 1.17. The molecule has 0 radical (unpaired) electrons. The van der Waals surface area contributed by atoms with E-state index in [1.807, 2.05) is 0 Å². The first kappa shape index (κ1) is 31.7. The van der Waals surface area contributed by atoms with Gasteiger partial charge in [0.05, 0.1) is 38.8 Å². The third kappa shape index (κ3) is 4.60. The van der Waals surface area contributed by atoms with Crippen molar-refractivity contribution in [3.05, 3.63) is 212 Å². The van der Waals surface area contributed by atoms with Crippen LogP contribution in [0.2, 0.25) is 0 Å². The third-order valence-electron chi connectivity index (χ3n) is 11.8. The molecule has 0 saturated heterocycles. The SMILES string of the molecule is c1ccc(-c2cccc3c4c5c6ccccc6n(-c6ccccc6-c6cccc7c6c6ccccc6n7-c6ccccc6)c5ccc4n(-c4ccccc4)c23)cc1. The normalized spacial score (nSPS) is 11.9. The minimum absolute atomic E-state index is 1.15. The van der Waals surface area contributed by atoms with Crippen LogP contribution in [0.3, 0.4) is 0 Å². The lowest BCUT2D eigenvalue weighted by atomic mass is 9.97. The largest absolute Gasteiger partial charge is 0.309 e. The van der Waals surface area contributed by atoms with Crippen LogP contribution in [0.25, 0.3) is 105 Å². The van der Waals surface area contributed by atoms with Crippen molar-refractivity contribution >= 4 is 65.4 Å². The summed E-state index contributed by atoms with van der Waals surface area (Å²) in [7, 11) is 0. The van der Waals surface area contributed by atoms with Crippen molar-refractivity contribution in [3.8, 4) is 39.3 Å². The van der Waals surface area contributed by atoms with Gasteiger partial charge in [-0.25, -0.2) is 0 Å². The van der Waals surface area contributed by atoms with Crippen LogP contribution in [0, 0.1) is 0 Å². The van der Waals surface area contributed by atoms with Crippen LogP contribution in [-0.4, -0.2) is 13.7 Å². The molecule has 12 rings (SSSR count). The number of aromatic nitrogens is 3. The maximum absolute atomic E-state index is 2.50. The number of hydrogen-bond donors (Lipinski definition) is 0. The number of benzene rings is 9. The van der Waals surface area contributed by atoms with Crippen LogP contribution >= 0.6 is 0 Å². The van der Waals surface area contributed by atoms with Crippen molar-refractivity contribution < 1.29 is 0 Å². The Kier molecular flexibility index (Phi) is 6.93. The molecule has 0 unspecified atom stereocenters. The van der Waals surface area contributed by atoms with E-state index < -0.39 is 0 Å². The van der Waals surface area contributed by atoms with Crippen molar-refractivity contribution in [1.82, 2.24) is 13.7 Å². The van der Waals surface area contributed by atoms with E-state index in [9.17, 15) is 0 Å². The van der Waals surface area contributed by atoms with E-state index in [-0.39, 0.29) is 0 Å². The Morgan fingerprint density at radius 2 is 0.702 bits per heavy atom. The highest BCUT2D eigenvalue weighted by Gasteiger charge is 2.24. The van der Waals surface area contributed by atoms with Crippen molar-refractivity contribution in [3.63, 3.8) is 0 Å². The average molecular weight is 726 g/mol. The predicted molar refractivity (Wildman–Crippen MR) is 240 cm³/mol. The molecule has 0 aliphatic carbocycles. The summed E-state index contributed by atoms with van der Waals surface area (Å²) in [6.07, 6.45) is 0. The van der Waals surface area contributed by atoms with Gasteiger partial charge in [-0.3, -0.25) is 0 Å². The van der Waals surface area contributed by atoms with Crippen LogP contribution in [0.5, 0.6) is 0 Å². The van der Waals surface area contributed by atoms with Gasteiger partial charge in [0, 0.05) is 54.8 Å². The Hall–Kier alpha value is -7.62. The van der Waals surface area contributed by atoms with Crippen molar-refractivity contribution in [2.24, 2.45) is 0 Å². The van der Waals surface area contributed by atoms with Gasteiger partial charge in [-0.15, -0.1) is 0 Å². The van der Waals surface area contributed by atoms with E-state index >= 15 is 0 Å². The molecule has 0 bridgehead atoms. The smallest absolute Gasteiger partial charge is 0.0619 e. The number of fused-ring (bicyclic) bond motifs is 10. The Balaban J connectivity index is 1.19. The van der Waals surface area contributed by atoms with Gasteiger partial charge in [0.15, 0.2) is 0 Å². The van der Waals surface area contributed by atoms with Gasteiger partial charge in [0.1, 0.15) is 0 Å². The van der Waals surface area contributed by atoms with Crippen molar-refractivity contribution in [2.45, 2.75) is 0 Å². The Morgan fingerprint density at radius 1 is 0.246 bits per heavy atom. The second-order valence-electron chi connectivity index (χ2n) is 14.9. The maximum Gasteiger partial charge on any atom is 0.0619 e. The van der Waals surface area contributed by atoms with Crippen LogP contribution in [-0.2, 0) is 0 Å². The fourth-order valence-corrected chi connectivity index (χ4v) is 9.57. The standard InChI is InChI=1S/C54H35N3/c1-4-18-36(19-5-1)39-27-16-29-44-53-49(56(54(39)44)38-22-8-3-9-23-38)34-35-50-52(53)43-26-12-15-32-47(43)57(50)45-30-13-10-24-40(45)41-28-17-33-48-51(41)42-25-11-14-31-46(42)55(48)37-20-6-2-7-21-37/h1-35H. The summed E-state index contributed by atoms with van der Waals surface area (Å²) in [4.78, 5) is 0.